The van der Waals surface area contributed by atoms with E-state index in [0.717, 1.165) is 12.1 Å². The Morgan fingerprint density at radius 2 is 1.96 bits per heavy atom. The predicted octanol–water partition coefficient (Wildman–Crippen LogP) is 1.96. The molecule has 1 aromatic carbocycles. The van der Waals surface area contributed by atoms with Crippen LogP contribution in [-0.2, 0) is 11.4 Å². The molecule has 0 saturated carbocycles. The fraction of sp³-hybridized carbons (Fsp3) is 0.333. The van der Waals surface area contributed by atoms with Crippen molar-refractivity contribution in [2.75, 3.05) is 25.6 Å². The average molecular weight is 366 g/mol. The van der Waals surface area contributed by atoms with E-state index in [1.165, 1.54) is 24.1 Å². The first kappa shape index (κ1) is 19.6. The number of aldehydes is 1. The van der Waals surface area contributed by atoms with E-state index < -0.39 is 23.1 Å². The van der Waals surface area contributed by atoms with Crippen LogP contribution in [0.25, 0.3) is 0 Å². The second-order valence-corrected chi connectivity index (χ2v) is 5.84. The Morgan fingerprint density at radius 1 is 1.31 bits per heavy atom. The highest BCUT2D eigenvalue weighted by atomic mass is 19.1. The topological polar surface area (TPSA) is 82.6 Å². The molecule has 1 heterocycles. The minimum absolute atomic E-state index is 0.0398. The molecule has 1 unspecified atom stereocenters. The summed E-state index contributed by atoms with van der Waals surface area (Å²) in [5, 5.41) is 9.04. The van der Waals surface area contributed by atoms with Gasteiger partial charge < -0.3 is 24.5 Å². The zero-order valence-corrected chi connectivity index (χ0v) is 14.5. The number of hydrogen-bond donors (Lipinski definition) is 2. The zero-order valence-electron chi connectivity index (χ0n) is 14.5. The highest BCUT2D eigenvalue weighted by Gasteiger charge is 2.23. The third-order valence-electron chi connectivity index (χ3n) is 4.10. The lowest BCUT2D eigenvalue weighted by Crippen LogP contribution is -2.30. The number of ether oxygens (including phenoxy) is 1. The van der Waals surface area contributed by atoms with E-state index in [-0.39, 0.29) is 36.6 Å². The molecular weight excluding hydrogens is 346 g/mol. The van der Waals surface area contributed by atoms with Crippen molar-refractivity contribution in [3.63, 3.8) is 0 Å². The molecular formula is C18H20F2N2O4. The number of benzene rings is 1. The van der Waals surface area contributed by atoms with E-state index in [0.29, 0.717) is 12.0 Å². The number of aromatic nitrogens is 1. The number of nitrogens with zero attached hydrogens (tertiary/aromatic N) is 1. The number of aliphatic hydroxyl groups excluding tert-OH is 1. The smallest absolute Gasteiger partial charge is 0.271 e. The quantitative estimate of drug-likeness (QED) is 0.698. The Balaban J connectivity index is 2.34. The van der Waals surface area contributed by atoms with Gasteiger partial charge >= 0.3 is 0 Å². The second-order valence-electron chi connectivity index (χ2n) is 5.84. The molecule has 2 N–H and O–H groups in total. The van der Waals surface area contributed by atoms with Gasteiger partial charge in [0.1, 0.15) is 29.4 Å². The molecule has 0 aliphatic heterocycles. The van der Waals surface area contributed by atoms with Crippen LogP contribution in [-0.4, -0.2) is 37.1 Å². The van der Waals surface area contributed by atoms with Crippen molar-refractivity contribution in [2.45, 2.75) is 18.9 Å². The third-order valence-corrected chi connectivity index (χ3v) is 4.10. The maximum atomic E-state index is 14.4. The van der Waals surface area contributed by atoms with Gasteiger partial charge in [-0.2, -0.15) is 0 Å². The summed E-state index contributed by atoms with van der Waals surface area (Å²) >= 11 is 0. The first-order valence-corrected chi connectivity index (χ1v) is 7.92. The summed E-state index contributed by atoms with van der Waals surface area (Å²) in [5.74, 6) is -2.38. The lowest BCUT2D eigenvalue weighted by atomic mass is 9.94. The molecule has 0 saturated heterocycles. The molecule has 0 bridgehead atoms. The van der Waals surface area contributed by atoms with Crippen molar-refractivity contribution in [3.8, 4) is 5.75 Å². The molecule has 1 aromatic heterocycles. The molecule has 2 rings (SSSR count). The molecule has 6 nitrogen and oxygen atoms in total. The monoisotopic (exact) mass is 366 g/mol. The van der Waals surface area contributed by atoms with Crippen molar-refractivity contribution >= 4 is 12.0 Å². The van der Waals surface area contributed by atoms with Gasteiger partial charge in [0.2, 0.25) is 0 Å². The van der Waals surface area contributed by atoms with Crippen LogP contribution in [0.3, 0.4) is 0 Å². The van der Waals surface area contributed by atoms with Gasteiger partial charge in [-0.1, -0.05) is 0 Å². The fourth-order valence-electron chi connectivity index (χ4n) is 2.80. The van der Waals surface area contributed by atoms with Gasteiger partial charge in [-0.3, -0.25) is 4.79 Å². The highest BCUT2D eigenvalue weighted by Crippen LogP contribution is 2.29. The molecule has 26 heavy (non-hydrogen) atoms. The summed E-state index contributed by atoms with van der Waals surface area (Å²) in [6, 6.07) is 5.15. The molecule has 0 fully saturated rings. The van der Waals surface area contributed by atoms with Crippen LogP contribution < -0.4 is 15.2 Å². The van der Waals surface area contributed by atoms with Gasteiger partial charge in [0, 0.05) is 49.3 Å². The molecule has 1 atom stereocenters. The molecule has 0 spiro atoms. The molecule has 0 radical (unpaired) electrons. The highest BCUT2D eigenvalue weighted by molar-refractivity contribution is 5.53. The summed E-state index contributed by atoms with van der Waals surface area (Å²) in [6.45, 7) is -0.268. The van der Waals surface area contributed by atoms with Crippen molar-refractivity contribution in [1.82, 2.24) is 4.98 Å². The first-order chi connectivity index (χ1) is 12.4. The number of pyridine rings is 1. The Hall–Kier alpha value is -2.74. The zero-order chi connectivity index (χ0) is 19.3. The number of hydrogen-bond acceptors (Lipinski definition) is 5. The molecule has 140 valence electrons. The minimum Gasteiger partial charge on any atom is -0.497 e. The Morgan fingerprint density at radius 3 is 2.46 bits per heavy atom. The number of likely N-dealkylation sites (N-methyl/N-ethyl adjacent to an activating group) is 1. The van der Waals surface area contributed by atoms with Gasteiger partial charge in [-0.15, -0.1) is 0 Å². The van der Waals surface area contributed by atoms with E-state index >= 15 is 0 Å². The standard InChI is InChI=1S/C18H20F2N2O4/c1-22(16-4-3-12(10-24)21-18(16)25)9-11(5-6-23)17-14(19)7-13(26-2)8-15(17)20/h3-4,6-8,11,24H,5,9-10H2,1-2H3,(H,21,25). The van der Waals surface area contributed by atoms with Gasteiger partial charge in [0.05, 0.1) is 13.7 Å². The first-order valence-electron chi connectivity index (χ1n) is 7.92. The number of aliphatic hydroxyl groups is 1. The van der Waals surface area contributed by atoms with Gasteiger partial charge in [-0.05, 0) is 12.1 Å². The van der Waals surface area contributed by atoms with E-state index in [1.807, 2.05) is 0 Å². The lowest BCUT2D eigenvalue weighted by Gasteiger charge is -2.25. The molecule has 0 aliphatic carbocycles. The lowest BCUT2D eigenvalue weighted by molar-refractivity contribution is -0.108. The summed E-state index contributed by atoms with van der Waals surface area (Å²) in [6.07, 6.45) is 0.470. The van der Waals surface area contributed by atoms with E-state index in [4.69, 9.17) is 9.84 Å². The number of aromatic amines is 1. The number of H-pyrrole nitrogens is 1. The van der Waals surface area contributed by atoms with Crippen LogP contribution in [0, 0.1) is 11.6 Å². The Kier molecular flexibility index (Phi) is 6.46. The number of carbonyl (C=O) groups is 1. The van der Waals surface area contributed by atoms with Crippen molar-refractivity contribution < 1.29 is 23.4 Å². The number of anilines is 1. The van der Waals surface area contributed by atoms with E-state index in [9.17, 15) is 18.4 Å². The van der Waals surface area contributed by atoms with Crippen LogP contribution in [0.5, 0.6) is 5.75 Å². The molecule has 8 heteroatoms. The van der Waals surface area contributed by atoms with Crippen LogP contribution in [0.1, 0.15) is 23.6 Å². The van der Waals surface area contributed by atoms with Crippen LogP contribution in [0.15, 0.2) is 29.1 Å². The Labute approximate surface area is 149 Å². The number of nitrogens with one attached hydrogen (secondary N) is 1. The van der Waals surface area contributed by atoms with Crippen LogP contribution >= 0.6 is 0 Å². The molecule has 0 amide bonds. The number of methoxy groups -OCH3 is 1. The molecule has 0 aliphatic rings. The van der Waals surface area contributed by atoms with Crippen LogP contribution in [0.4, 0.5) is 14.5 Å². The normalized spacial score (nSPS) is 11.9. The van der Waals surface area contributed by atoms with E-state index in [1.54, 1.807) is 7.05 Å². The van der Waals surface area contributed by atoms with Gasteiger partial charge in [0.25, 0.3) is 5.56 Å². The summed E-state index contributed by atoms with van der Waals surface area (Å²) in [7, 11) is 2.88. The van der Waals surface area contributed by atoms with Gasteiger partial charge in [-0.25, -0.2) is 8.78 Å². The number of halogens is 2. The van der Waals surface area contributed by atoms with Crippen molar-refractivity contribution in [3.05, 3.63) is 57.5 Å². The van der Waals surface area contributed by atoms with Crippen molar-refractivity contribution in [1.29, 1.82) is 0 Å². The second kappa shape index (κ2) is 8.57. The predicted molar refractivity (Wildman–Crippen MR) is 92.6 cm³/mol. The largest absolute Gasteiger partial charge is 0.497 e. The summed E-state index contributed by atoms with van der Waals surface area (Å²) < 4.78 is 33.5. The average Bonchev–Trinajstić information content (AvgIpc) is 2.60. The van der Waals surface area contributed by atoms with Crippen molar-refractivity contribution in [2.24, 2.45) is 0 Å². The third kappa shape index (κ3) is 4.26. The van der Waals surface area contributed by atoms with E-state index in [2.05, 4.69) is 4.98 Å². The summed E-state index contributed by atoms with van der Waals surface area (Å²) in [4.78, 5) is 27.1. The minimum atomic E-state index is -0.813. The Bertz CT molecular complexity index is 815. The maximum absolute atomic E-state index is 14.4. The molecule has 2 aromatic rings. The summed E-state index contributed by atoms with van der Waals surface area (Å²) in [5.41, 5.74) is -0.0657. The fourth-order valence-corrected chi connectivity index (χ4v) is 2.80. The number of carbonyl (C=O) groups excluding carboxylic acids is 1. The maximum Gasteiger partial charge on any atom is 0.271 e. The number of rotatable bonds is 8. The van der Waals surface area contributed by atoms with Crippen LogP contribution in [0.2, 0.25) is 0 Å². The van der Waals surface area contributed by atoms with Gasteiger partial charge in [0.15, 0.2) is 0 Å². The SMILES string of the molecule is COc1cc(F)c(C(CC=O)CN(C)c2ccc(CO)[nH]c2=O)c(F)c1.